The molecule has 0 N–H and O–H groups in total. The van der Waals surface area contributed by atoms with Gasteiger partial charge in [-0.15, -0.1) is 10.2 Å². The van der Waals surface area contributed by atoms with E-state index < -0.39 is 0 Å². The maximum Gasteiger partial charge on any atom is 0.239 e. The second kappa shape index (κ2) is 7.54. The smallest absolute Gasteiger partial charge is 0.239 e. The Morgan fingerprint density at radius 3 is 2.44 bits per heavy atom. The zero-order valence-corrected chi connectivity index (χ0v) is 16.3. The van der Waals surface area contributed by atoms with Gasteiger partial charge in [-0.25, -0.2) is 0 Å². The van der Waals surface area contributed by atoms with Crippen LogP contribution >= 0.6 is 23.4 Å². The van der Waals surface area contributed by atoms with Crippen molar-refractivity contribution >= 4 is 23.4 Å². The van der Waals surface area contributed by atoms with Crippen molar-refractivity contribution in [3.05, 3.63) is 71.3 Å². The van der Waals surface area contributed by atoms with E-state index in [9.17, 15) is 0 Å². The van der Waals surface area contributed by atoms with Crippen LogP contribution in [-0.4, -0.2) is 24.9 Å². The van der Waals surface area contributed by atoms with Gasteiger partial charge in [0.2, 0.25) is 5.89 Å². The van der Waals surface area contributed by atoms with Gasteiger partial charge in [0.1, 0.15) is 0 Å². The molecule has 6 nitrogen and oxygen atoms in total. The quantitative estimate of drug-likeness (QED) is 0.434. The van der Waals surface area contributed by atoms with Gasteiger partial charge in [0, 0.05) is 16.3 Å². The van der Waals surface area contributed by atoms with Crippen LogP contribution in [-0.2, 0) is 0 Å². The summed E-state index contributed by atoms with van der Waals surface area (Å²) in [5.74, 6) is 1.92. The number of para-hydroxylation sites is 1. The third-order valence-corrected chi connectivity index (χ3v) is 5.21. The Balaban J connectivity index is 1.76. The average molecular weight is 398 g/mol. The van der Waals surface area contributed by atoms with E-state index in [1.165, 1.54) is 11.8 Å². The summed E-state index contributed by atoms with van der Waals surface area (Å²) in [6.45, 7) is 3.80. The van der Waals surface area contributed by atoms with Gasteiger partial charge in [0.25, 0.3) is 0 Å². The minimum Gasteiger partial charge on any atom is -0.338 e. The second-order valence-corrected chi connectivity index (χ2v) is 7.67. The molecule has 0 bridgehead atoms. The number of nitrogens with zero attached hydrogens (tertiary/aromatic N) is 5. The summed E-state index contributed by atoms with van der Waals surface area (Å²) in [7, 11) is 0. The Bertz CT molecular complexity index is 1050. The standard InChI is InChI=1S/C19H16ClN5OS/c1-12(18-21-13(2)24-26-18)27-19-23-22-17(14-8-10-15(20)11-9-14)25(19)16-6-4-3-5-7-16/h3-12H,1-2H3. The summed E-state index contributed by atoms with van der Waals surface area (Å²) in [5.41, 5.74) is 1.91. The highest BCUT2D eigenvalue weighted by Gasteiger charge is 2.21. The summed E-state index contributed by atoms with van der Waals surface area (Å²) < 4.78 is 7.32. The summed E-state index contributed by atoms with van der Waals surface area (Å²) in [6, 6.07) is 17.6. The molecule has 2 aromatic carbocycles. The largest absolute Gasteiger partial charge is 0.338 e. The number of rotatable bonds is 5. The van der Waals surface area contributed by atoms with Crippen molar-refractivity contribution in [1.29, 1.82) is 0 Å². The molecule has 0 aliphatic rings. The topological polar surface area (TPSA) is 69.6 Å². The molecule has 2 aromatic heterocycles. The van der Waals surface area contributed by atoms with Crippen LogP contribution in [0.5, 0.6) is 0 Å². The highest BCUT2D eigenvalue weighted by Crippen LogP contribution is 2.36. The number of halogens is 1. The van der Waals surface area contributed by atoms with Gasteiger partial charge in [-0.3, -0.25) is 4.57 Å². The van der Waals surface area contributed by atoms with E-state index >= 15 is 0 Å². The molecule has 0 amide bonds. The van der Waals surface area contributed by atoms with Crippen LogP contribution in [0.3, 0.4) is 0 Å². The predicted octanol–water partition coefficient (Wildman–Crippen LogP) is 5.13. The number of aromatic nitrogens is 5. The van der Waals surface area contributed by atoms with Crippen LogP contribution in [0, 0.1) is 6.92 Å². The molecule has 2 heterocycles. The number of hydrogen-bond donors (Lipinski definition) is 0. The first-order valence-corrected chi connectivity index (χ1v) is 9.61. The first-order chi connectivity index (χ1) is 13.1. The first kappa shape index (κ1) is 17.8. The van der Waals surface area contributed by atoms with Gasteiger partial charge < -0.3 is 4.52 Å². The molecule has 0 aliphatic carbocycles. The molecule has 0 aliphatic heterocycles. The number of aryl methyl sites for hydroxylation is 1. The third kappa shape index (κ3) is 3.74. The van der Waals surface area contributed by atoms with Crippen molar-refractivity contribution in [2.24, 2.45) is 0 Å². The van der Waals surface area contributed by atoms with Gasteiger partial charge in [0.15, 0.2) is 16.8 Å². The summed E-state index contributed by atoms with van der Waals surface area (Å²) in [5, 5.41) is 14.1. The molecular formula is C19H16ClN5OS. The lowest BCUT2D eigenvalue weighted by Crippen LogP contribution is -2.00. The zero-order chi connectivity index (χ0) is 18.8. The minimum absolute atomic E-state index is 0.0593. The van der Waals surface area contributed by atoms with E-state index in [1.807, 2.05) is 66.1 Å². The Kier molecular flexibility index (Phi) is 4.96. The van der Waals surface area contributed by atoms with Crippen LogP contribution in [0.15, 0.2) is 64.3 Å². The lowest BCUT2D eigenvalue weighted by molar-refractivity contribution is 0.376. The molecule has 0 radical (unpaired) electrons. The molecule has 0 spiro atoms. The van der Waals surface area contributed by atoms with E-state index in [0.29, 0.717) is 16.7 Å². The molecule has 1 atom stereocenters. The minimum atomic E-state index is -0.0593. The summed E-state index contributed by atoms with van der Waals surface area (Å²) in [6.07, 6.45) is 0. The maximum absolute atomic E-state index is 6.03. The van der Waals surface area contributed by atoms with Crippen LogP contribution in [0.25, 0.3) is 17.1 Å². The molecule has 136 valence electrons. The lowest BCUT2D eigenvalue weighted by atomic mass is 10.2. The molecule has 0 fully saturated rings. The van der Waals surface area contributed by atoms with E-state index in [4.69, 9.17) is 16.1 Å². The number of thioether (sulfide) groups is 1. The second-order valence-electron chi connectivity index (χ2n) is 5.92. The fourth-order valence-corrected chi connectivity index (χ4v) is 3.65. The van der Waals surface area contributed by atoms with Gasteiger partial charge in [0.05, 0.1) is 5.25 Å². The van der Waals surface area contributed by atoms with Crippen molar-refractivity contribution < 1.29 is 4.52 Å². The van der Waals surface area contributed by atoms with Gasteiger partial charge in [-0.2, -0.15) is 4.98 Å². The average Bonchev–Trinajstić information content (AvgIpc) is 3.29. The number of benzene rings is 2. The Morgan fingerprint density at radius 2 is 1.78 bits per heavy atom. The van der Waals surface area contributed by atoms with E-state index in [0.717, 1.165) is 22.2 Å². The highest BCUT2D eigenvalue weighted by atomic mass is 35.5. The molecule has 4 rings (SSSR count). The number of hydrogen-bond acceptors (Lipinski definition) is 6. The van der Waals surface area contributed by atoms with Gasteiger partial charge in [-0.1, -0.05) is 46.7 Å². The van der Waals surface area contributed by atoms with Gasteiger partial charge in [-0.05, 0) is 50.2 Å². The van der Waals surface area contributed by atoms with E-state index in [2.05, 4.69) is 20.3 Å². The van der Waals surface area contributed by atoms with Crippen LogP contribution < -0.4 is 0 Å². The summed E-state index contributed by atoms with van der Waals surface area (Å²) in [4.78, 5) is 4.31. The zero-order valence-electron chi connectivity index (χ0n) is 14.7. The van der Waals surface area contributed by atoms with E-state index in [-0.39, 0.29) is 5.25 Å². The highest BCUT2D eigenvalue weighted by molar-refractivity contribution is 7.99. The van der Waals surface area contributed by atoms with Crippen LogP contribution in [0.2, 0.25) is 5.02 Å². The molecule has 4 aromatic rings. The molecule has 0 saturated carbocycles. The van der Waals surface area contributed by atoms with Crippen molar-refractivity contribution in [3.63, 3.8) is 0 Å². The monoisotopic (exact) mass is 397 g/mol. The molecule has 0 saturated heterocycles. The van der Waals surface area contributed by atoms with Crippen molar-refractivity contribution in [1.82, 2.24) is 24.9 Å². The van der Waals surface area contributed by atoms with Crippen molar-refractivity contribution in [2.75, 3.05) is 0 Å². The van der Waals surface area contributed by atoms with Crippen molar-refractivity contribution in [2.45, 2.75) is 24.3 Å². The van der Waals surface area contributed by atoms with Crippen LogP contribution in [0.1, 0.15) is 23.9 Å². The third-order valence-electron chi connectivity index (χ3n) is 3.92. The Labute approximate surface area is 165 Å². The van der Waals surface area contributed by atoms with Crippen molar-refractivity contribution in [3.8, 4) is 17.1 Å². The first-order valence-electron chi connectivity index (χ1n) is 8.35. The fraction of sp³-hybridized carbons (Fsp3) is 0.158. The molecule has 1 unspecified atom stereocenters. The maximum atomic E-state index is 6.03. The van der Waals surface area contributed by atoms with Gasteiger partial charge >= 0.3 is 0 Å². The lowest BCUT2D eigenvalue weighted by Gasteiger charge is -2.12. The molecular weight excluding hydrogens is 382 g/mol. The normalized spacial score (nSPS) is 12.3. The fourth-order valence-electron chi connectivity index (χ4n) is 2.63. The Morgan fingerprint density at radius 1 is 1.04 bits per heavy atom. The van der Waals surface area contributed by atoms with Crippen LogP contribution in [0.4, 0.5) is 0 Å². The molecule has 8 heteroatoms. The predicted molar refractivity (Wildman–Crippen MR) is 105 cm³/mol. The van der Waals surface area contributed by atoms with E-state index in [1.54, 1.807) is 6.92 Å². The summed E-state index contributed by atoms with van der Waals surface area (Å²) >= 11 is 7.55. The Hall–Kier alpha value is -2.64. The molecule has 27 heavy (non-hydrogen) atoms. The SMILES string of the molecule is Cc1noc(C(C)Sc2nnc(-c3ccc(Cl)cc3)n2-c2ccccc2)n1.